The Bertz CT molecular complexity index is 919. The molecule has 0 saturated heterocycles. The van der Waals surface area contributed by atoms with E-state index < -0.39 is 5.97 Å². The second-order valence-electron chi connectivity index (χ2n) is 5.11. The number of nitrogens with zero attached hydrogens (tertiary/aromatic N) is 2. The van der Waals surface area contributed by atoms with Crippen LogP contribution in [0.5, 0.6) is 23.1 Å². The molecule has 3 rings (SSSR count). The average molecular weight is 346 g/mol. The van der Waals surface area contributed by atoms with Gasteiger partial charge in [-0.15, -0.1) is 0 Å². The van der Waals surface area contributed by atoms with Gasteiger partial charge >= 0.3 is 5.97 Å². The summed E-state index contributed by atoms with van der Waals surface area (Å²) in [6.07, 6.45) is 1.63. The summed E-state index contributed by atoms with van der Waals surface area (Å²) < 4.78 is 16.1. The van der Waals surface area contributed by atoms with Crippen molar-refractivity contribution in [1.29, 1.82) is 5.26 Å². The SMILES string of the molecule is N#Cc1ccccc1OCC(=O)Oc1ccc(Oc2ccccn2)cc1. The number of esters is 1. The van der Waals surface area contributed by atoms with Crippen LogP contribution in [0.15, 0.2) is 72.9 Å². The highest BCUT2D eigenvalue weighted by molar-refractivity contribution is 5.74. The average Bonchev–Trinajstić information content (AvgIpc) is 2.69. The molecule has 0 fully saturated rings. The van der Waals surface area contributed by atoms with E-state index in [1.807, 2.05) is 12.1 Å². The maximum atomic E-state index is 11.9. The Labute approximate surface area is 150 Å². The van der Waals surface area contributed by atoms with E-state index in [9.17, 15) is 4.79 Å². The van der Waals surface area contributed by atoms with E-state index in [1.54, 1.807) is 66.9 Å². The molecule has 0 atom stereocenters. The van der Waals surface area contributed by atoms with Crippen LogP contribution >= 0.6 is 0 Å². The highest BCUT2D eigenvalue weighted by Gasteiger charge is 2.09. The molecule has 0 radical (unpaired) electrons. The zero-order valence-electron chi connectivity index (χ0n) is 13.7. The van der Waals surface area contributed by atoms with Crippen molar-refractivity contribution in [3.8, 4) is 29.2 Å². The third kappa shape index (κ3) is 4.58. The predicted octanol–water partition coefficient (Wildman–Crippen LogP) is 3.73. The molecule has 2 aromatic carbocycles. The number of hydrogen-bond acceptors (Lipinski definition) is 6. The molecule has 0 bridgehead atoms. The van der Waals surface area contributed by atoms with Gasteiger partial charge in [0.15, 0.2) is 6.61 Å². The Hall–Kier alpha value is -3.85. The van der Waals surface area contributed by atoms with Gasteiger partial charge in [-0.1, -0.05) is 18.2 Å². The van der Waals surface area contributed by atoms with Crippen molar-refractivity contribution < 1.29 is 19.0 Å². The van der Waals surface area contributed by atoms with Crippen molar-refractivity contribution in [1.82, 2.24) is 4.98 Å². The highest BCUT2D eigenvalue weighted by Crippen LogP contribution is 2.22. The molecule has 6 nitrogen and oxygen atoms in total. The van der Waals surface area contributed by atoms with E-state index in [0.717, 1.165) is 0 Å². The number of pyridine rings is 1. The topological polar surface area (TPSA) is 81.4 Å². The van der Waals surface area contributed by atoms with Crippen LogP contribution in [0.1, 0.15) is 5.56 Å². The van der Waals surface area contributed by atoms with Crippen LogP contribution in [0.2, 0.25) is 0 Å². The molecule has 0 amide bonds. The van der Waals surface area contributed by atoms with Gasteiger partial charge in [-0.3, -0.25) is 0 Å². The van der Waals surface area contributed by atoms with Crippen LogP contribution in [0, 0.1) is 11.3 Å². The van der Waals surface area contributed by atoms with Crippen molar-refractivity contribution in [2.24, 2.45) is 0 Å². The summed E-state index contributed by atoms with van der Waals surface area (Å²) in [4.78, 5) is 16.0. The minimum absolute atomic E-state index is 0.301. The Morgan fingerprint density at radius 1 is 0.962 bits per heavy atom. The number of carbonyl (C=O) groups excluding carboxylic acids is 1. The van der Waals surface area contributed by atoms with E-state index in [1.165, 1.54) is 0 Å². The predicted molar refractivity (Wildman–Crippen MR) is 93.0 cm³/mol. The normalized spacial score (nSPS) is 9.81. The lowest BCUT2D eigenvalue weighted by molar-refractivity contribution is -0.136. The van der Waals surface area contributed by atoms with Gasteiger partial charge in [-0.2, -0.15) is 5.26 Å². The standard InChI is InChI=1S/C20H14N2O4/c21-13-15-5-1-2-6-18(15)24-14-20(23)26-17-10-8-16(9-11-17)25-19-7-3-4-12-22-19/h1-12H,14H2. The number of ether oxygens (including phenoxy) is 3. The number of nitriles is 1. The molecule has 1 heterocycles. The lowest BCUT2D eigenvalue weighted by Gasteiger charge is -2.08. The third-order valence-corrected chi connectivity index (χ3v) is 3.27. The molecule has 3 aromatic rings. The number of carbonyl (C=O) groups is 1. The minimum atomic E-state index is -0.573. The summed E-state index contributed by atoms with van der Waals surface area (Å²) in [6.45, 7) is -0.301. The highest BCUT2D eigenvalue weighted by atomic mass is 16.6. The molecule has 0 spiro atoms. The van der Waals surface area contributed by atoms with Crippen molar-refractivity contribution in [3.05, 3.63) is 78.5 Å². The number of aromatic nitrogens is 1. The van der Waals surface area contributed by atoms with Gasteiger partial charge in [0.05, 0.1) is 5.56 Å². The monoisotopic (exact) mass is 346 g/mol. The van der Waals surface area contributed by atoms with Crippen molar-refractivity contribution in [2.45, 2.75) is 0 Å². The van der Waals surface area contributed by atoms with Crippen LogP contribution in [-0.2, 0) is 4.79 Å². The lowest BCUT2D eigenvalue weighted by Crippen LogP contribution is -2.18. The molecule has 0 saturated carbocycles. The van der Waals surface area contributed by atoms with E-state index in [2.05, 4.69) is 4.98 Å². The van der Waals surface area contributed by atoms with E-state index in [0.29, 0.717) is 28.7 Å². The fraction of sp³-hybridized carbons (Fsp3) is 0.0500. The number of para-hydroxylation sites is 1. The van der Waals surface area contributed by atoms with Gasteiger partial charge in [0, 0.05) is 12.3 Å². The summed E-state index contributed by atoms with van der Waals surface area (Å²) in [5, 5.41) is 8.99. The number of benzene rings is 2. The molecule has 0 unspecified atom stereocenters. The molecule has 26 heavy (non-hydrogen) atoms. The van der Waals surface area contributed by atoms with Crippen LogP contribution in [0.3, 0.4) is 0 Å². The Morgan fingerprint density at radius 3 is 2.42 bits per heavy atom. The molecule has 0 aliphatic heterocycles. The zero-order valence-corrected chi connectivity index (χ0v) is 13.7. The maximum Gasteiger partial charge on any atom is 0.349 e. The molecule has 0 aliphatic carbocycles. The van der Waals surface area contributed by atoms with Crippen LogP contribution in [0.25, 0.3) is 0 Å². The summed E-state index contributed by atoms with van der Waals surface area (Å²) >= 11 is 0. The van der Waals surface area contributed by atoms with Gasteiger partial charge in [0.25, 0.3) is 0 Å². The molecular formula is C20H14N2O4. The first-order chi connectivity index (χ1) is 12.7. The third-order valence-electron chi connectivity index (χ3n) is 3.27. The van der Waals surface area contributed by atoms with Crippen LogP contribution in [-0.4, -0.2) is 17.6 Å². The maximum absolute atomic E-state index is 11.9. The molecular weight excluding hydrogens is 332 g/mol. The summed E-state index contributed by atoms with van der Waals surface area (Å²) in [6, 6.07) is 20.6. The van der Waals surface area contributed by atoms with Gasteiger partial charge in [-0.05, 0) is 42.5 Å². The quantitative estimate of drug-likeness (QED) is 0.500. The lowest BCUT2D eigenvalue weighted by atomic mass is 10.2. The van der Waals surface area contributed by atoms with Crippen molar-refractivity contribution >= 4 is 5.97 Å². The van der Waals surface area contributed by atoms with Crippen molar-refractivity contribution in [3.63, 3.8) is 0 Å². The van der Waals surface area contributed by atoms with Gasteiger partial charge in [0.1, 0.15) is 23.3 Å². The van der Waals surface area contributed by atoms with E-state index in [-0.39, 0.29) is 6.61 Å². The molecule has 1 aromatic heterocycles. The first kappa shape index (κ1) is 17.0. The second-order valence-corrected chi connectivity index (χ2v) is 5.11. The van der Waals surface area contributed by atoms with Gasteiger partial charge in [0.2, 0.25) is 5.88 Å². The summed E-state index contributed by atoms with van der Waals surface area (Å²) in [7, 11) is 0. The van der Waals surface area contributed by atoms with Gasteiger partial charge in [-0.25, -0.2) is 9.78 Å². The Kier molecular flexibility index (Phi) is 5.43. The largest absolute Gasteiger partial charge is 0.481 e. The Balaban J connectivity index is 1.54. The number of hydrogen-bond donors (Lipinski definition) is 0. The fourth-order valence-corrected chi connectivity index (χ4v) is 2.09. The number of rotatable bonds is 6. The summed E-state index contributed by atoms with van der Waals surface area (Å²) in [5.74, 6) is 1.17. The summed E-state index contributed by atoms with van der Waals surface area (Å²) in [5.41, 5.74) is 0.358. The zero-order chi connectivity index (χ0) is 18.2. The first-order valence-corrected chi connectivity index (χ1v) is 7.76. The first-order valence-electron chi connectivity index (χ1n) is 7.76. The van der Waals surface area contributed by atoms with Gasteiger partial charge < -0.3 is 14.2 Å². The molecule has 0 aliphatic rings. The van der Waals surface area contributed by atoms with E-state index >= 15 is 0 Å². The minimum Gasteiger partial charge on any atom is -0.481 e. The van der Waals surface area contributed by atoms with Crippen molar-refractivity contribution in [2.75, 3.05) is 6.61 Å². The molecule has 0 N–H and O–H groups in total. The van der Waals surface area contributed by atoms with Crippen LogP contribution < -0.4 is 14.2 Å². The van der Waals surface area contributed by atoms with E-state index in [4.69, 9.17) is 19.5 Å². The molecule has 6 heteroatoms. The molecule has 128 valence electrons. The Morgan fingerprint density at radius 2 is 1.69 bits per heavy atom. The second kappa shape index (κ2) is 8.31. The smallest absolute Gasteiger partial charge is 0.349 e. The fourth-order valence-electron chi connectivity index (χ4n) is 2.09. The van der Waals surface area contributed by atoms with Crippen LogP contribution in [0.4, 0.5) is 0 Å².